The van der Waals surface area contributed by atoms with Crippen LogP contribution in [0, 0.1) is 5.41 Å². The van der Waals surface area contributed by atoms with Gasteiger partial charge in [-0.1, -0.05) is 40.0 Å². The van der Waals surface area contributed by atoms with Crippen LogP contribution in [-0.4, -0.2) is 96.1 Å². The second kappa shape index (κ2) is 16.2. The Bertz CT molecular complexity index is 1770. The van der Waals surface area contributed by atoms with E-state index < -0.39 is 5.41 Å². The van der Waals surface area contributed by atoms with Gasteiger partial charge in [-0.2, -0.15) is 0 Å². The maximum absolute atomic E-state index is 13.1. The average Bonchev–Trinajstić information content (AvgIpc) is 3.68. The third kappa shape index (κ3) is 7.32. The van der Waals surface area contributed by atoms with Crippen molar-refractivity contribution < 1.29 is 43.0 Å². The van der Waals surface area contributed by atoms with E-state index in [1.165, 1.54) is 14.7 Å². The van der Waals surface area contributed by atoms with E-state index in [-0.39, 0.29) is 78.5 Å². The van der Waals surface area contributed by atoms with Crippen LogP contribution in [-0.2, 0) is 0 Å². The van der Waals surface area contributed by atoms with Gasteiger partial charge in [0.1, 0.15) is 37.1 Å². The van der Waals surface area contributed by atoms with Gasteiger partial charge >= 0.3 is 0 Å². The molecule has 6 amide bonds. The SMILES string of the molecule is CCCCN1C(=O)c2ccc(OCC(CN)(COc3ccc4c(c3)C(=O)N(CCCC)C4=O)COc3ccc4c(c3)C(=O)N(CCCC)C4=O)cc2C1=O. The van der Waals surface area contributed by atoms with Gasteiger partial charge in [-0.25, -0.2) is 0 Å². The minimum atomic E-state index is -1.04. The number of unbranched alkanes of at least 4 members (excludes halogenated alkanes) is 3. The first-order valence-corrected chi connectivity index (χ1v) is 18.7. The van der Waals surface area contributed by atoms with E-state index >= 15 is 0 Å². The zero-order valence-electron chi connectivity index (χ0n) is 31.0. The number of benzene rings is 3. The Kier molecular flexibility index (Phi) is 11.5. The molecule has 2 N–H and O–H groups in total. The van der Waals surface area contributed by atoms with E-state index in [2.05, 4.69) is 0 Å². The number of ether oxygens (including phenoxy) is 3. The Balaban J connectivity index is 1.23. The van der Waals surface area contributed by atoms with Crippen molar-refractivity contribution in [1.29, 1.82) is 0 Å². The van der Waals surface area contributed by atoms with Crippen LogP contribution in [0.3, 0.4) is 0 Å². The van der Waals surface area contributed by atoms with Crippen LogP contribution < -0.4 is 19.9 Å². The lowest BCUT2D eigenvalue weighted by Gasteiger charge is -2.32. The zero-order chi connectivity index (χ0) is 38.6. The lowest BCUT2D eigenvalue weighted by atomic mass is 9.91. The van der Waals surface area contributed by atoms with E-state index in [1.807, 2.05) is 20.8 Å². The third-order valence-electron chi connectivity index (χ3n) is 10.1. The molecule has 0 radical (unpaired) electrons. The van der Waals surface area contributed by atoms with Gasteiger partial charge in [-0.3, -0.25) is 43.5 Å². The van der Waals surface area contributed by atoms with E-state index in [4.69, 9.17) is 19.9 Å². The highest BCUT2D eigenvalue weighted by atomic mass is 16.5. The van der Waals surface area contributed by atoms with Crippen LogP contribution in [0.25, 0.3) is 0 Å². The average molecular weight is 739 g/mol. The number of carbonyl (C=O) groups is 6. The largest absolute Gasteiger partial charge is 0.493 e. The highest BCUT2D eigenvalue weighted by Gasteiger charge is 2.39. The molecule has 0 fully saturated rings. The van der Waals surface area contributed by atoms with Gasteiger partial charge in [0.25, 0.3) is 35.4 Å². The molecule has 13 nitrogen and oxygen atoms in total. The molecule has 0 bridgehead atoms. The molecule has 0 unspecified atom stereocenters. The predicted octanol–water partition coefficient (Wildman–Crippen LogP) is 5.36. The molecule has 3 aromatic rings. The molecule has 6 rings (SSSR count). The minimum Gasteiger partial charge on any atom is -0.493 e. The van der Waals surface area contributed by atoms with Gasteiger partial charge in [0.2, 0.25) is 0 Å². The van der Waals surface area contributed by atoms with Crippen molar-refractivity contribution >= 4 is 35.4 Å². The Labute approximate surface area is 314 Å². The molecule has 0 aliphatic carbocycles. The number of amides is 6. The summed E-state index contributed by atoms with van der Waals surface area (Å²) in [4.78, 5) is 81.8. The summed E-state index contributed by atoms with van der Waals surface area (Å²) in [6, 6.07) is 14.2. The first-order chi connectivity index (χ1) is 26.1. The summed E-state index contributed by atoms with van der Waals surface area (Å²) in [6.45, 7) is 6.81. The quantitative estimate of drug-likeness (QED) is 0.158. The van der Waals surface area contributed by atoms with Crippen LogP contribution in [0.5, 0.6) is 17.2 Å². The zero-order valence-corrected chi connectivity index (χ0v) is 31.0. The molecule has 0 saturated heterocycles. The normalized spacial score (nSPS) is 15.0. The molecule has 3 heterocycles. The Morgan fingerprint density at radius 2 is 0.741 bits per heavy atom. The number of fused-ring (bicyclic) bond motifs is 3. The van der Waals surface area contributed by atoms with Crippen molar-refractivity contribution in [3.8, 4) is 17.2 Å². The Morgan fingerprint density at radius 3 is 1.00 bits per heavy atom. The van der Waals surface area contributed by atoms with Crippen LogP contribution >= 0.6 is 0 Å². The topological polar surface area (TPSA) is 166 Å². The highest BCUT2D eigenvalue weighted by Crippen LogP contribution is 2.32. The molecule has 3 aliphatic heterocycles. The molecule has 54 heavy (non-hydrogen) atoms. The highest BCUT2D eigenvalue weighted by molar-refractivity contribution is 6.23. The standard InChI is InChI=1S/C41H46N4O9/c1-4-7-16-43-35(46)29-13-10-26(19-32(29)38(43)49)52-23-41(22-42,24-53-27-11-14-30-33(20-27)39(50)44(36(30)47)17-8-5-2)25-54-28-12-15-31-34(21-28)40(51)45(37(31)48)18-9-6-3/h10-15,19-21H,4-9,16-18,22-25,42H2,1-3H3. The summed E-state index contributed by atoms with van der Waals surface area (Å²) in [5, 5.41) is 0. The van der Waals surface area contributed by atoms with E-state index in [1.54, 1.807) is 54.6 Å². The summed E-state index contributed by atoms with van der Waals surface area (Å²) in [5.74, 6) is -1.10. The van der Waals surface area contributed by atoms with Crippen LogP contribution in [0.1, 0.15) is 121 Å². The van der Waals surface area contributed by atoms with Gasteiger partial charge in [0.15, 0.2) is 0 Å². The van der Waals surface area contributed by atoms with E-state index in [0.29, 0.717) is 72.8 Å². The molecule has 3 aliphatic rings. The maximum Gasteiger partial charge on any atom is 0.261 e. The predicted molar refractivity (Wildman–Crippen MR) is 198 cm³/mol. The molecule has 0 aromatic heterocycles. The number of carbonyl (C=O) groups excluding carboxylic acids is 6. The Morgan fingerprint density at radius 1 is 0.463 bits per heavy atom. The number of hydrogen-bond acceptors (Lipinski definition) is 10. The summed E-state index contributed by atoms with van der Waals surface area (Å²) in [7, 11) is 0. The lowest BCUT2D eigenvalue weighted by Crippen LogP contribution is -2.46. The van der Waals surface area contributed by atoms with Gasteiger partial charge < -0.3 is 19.9 Å². The Hall–Kier alpha value is -5.56. The van der Waals surface area contributed by atoms with Crippen LogP contribution in [0.2, 0.25) is 0 Å². The second-order valence-electron chi connectivity index (χ2n) is 14.0. The maximum atomic E-state index is 13.1. The smallest absolute Gasteiger partial charge is 0.261 e. The fourth-order valence-corrected chi connectivity index (χ4v) is 6.65. The molecule has 284 valence electrons. The van der Waals surface area contributed by atoms with Crippen molar-refractivity contribution in [2.45, 2.75) is 59.3 Å². The molecular formula is C41H46N4O9. The van der Waals surface area contributed by atoms with Gasteiger partial charge in [-0.05, 0) is 73.9 Å². The molecule has 0 atom stereocenters. The van der Waals surface area contributed by atoms with Gasteiger partial charge in [0, 0.05) is 26.2 Å². The van der Waals surface area contributed by atoms with Crippen molar-refractivity contribution in [3.63, 3.8) is 0 Å². The lowest BCUT2D eigenvalue weighted by molar-refractivity contribution is 0.0392. The third-order valence-corrected chi connectivity index (χ3v) is 10.1. The first-order valence-electron chi connectivity index (χ1n) is 18.7. The summed E-state index contributed by atoms with van der Waals surface area (Å²) in [6.07, 6.45) is 4.60. The summed E-state index contributed by atoms with van der Waals surface area (Å²) in [5.41, 5.74) is 7.12. The molecule has 0 saturated carbocycles. The van der Waals surface area contributed by atoms with Crippen molar-refractivity contribution in [1.82, 2.24) is 14.7 Å². The van der Waals surface area contributed by atoms with Gasteiger partial charge in [-0.15, -0.1) is 0 Å². The number of hydrogen-bond donors (Lipinski definition) is 1. The molecule has 3 aromatic carbocycles. The molecule has 0 spiro atoms. The number of nitrogens with two attached hydrogens (primary N) is 1. The molecular weight excluding hydrogens is 692 g/mol. The second-order valence-corrected chi connectivity index (χ2v) is 14.0. The first kappa shape index (κ1) is 38.2. The van der Waals surface area contributed by atoms with Crippen LogP contribution in [0.4, 0.5) is 0 Å². The number of rotatable bonds is 19. The van der Waals surface area contributed by atoms with Crippen molar-refractivity contribution in [2.24, 2.45) is 11.1 Å². The number of nitrogens with zero attached hydrogens (tertiary/aromatic N) is 3. The fourth-order valence-electron chi connectivity index (χ4n) is 6.65. The van der Waals surface area contributed by atoms with Gasteiger partial charge in [0.05, 0.1) is 38.8 Å². The van der Waals surface area contributed by atoms with Crippen molar-refractivity contribution in [2.75, 3.05) is 46.0 Å². The molecule has 13 heteroatoms. The number of imide groups is 3. The summed E-state index contributed by atoms with van der Waals surface area (Å²) >= 11 is 0. The summed E-state index contributed by atoms with van der Waals surface area (Å²) < 4.78 is 18.7. The van der Waals surface area contributed by atoms with E-state index in [0.717, 1.165) is 19.3 Å². The van der Waals surface area contributed by atoms with Crippen molar-refractivity contribution in [3.05, 3.63) is 88.0 Å². The monoisotopic (exact) mass is 738 g/mol. The van der Waals surface area contributed by atoms with E-state index in [9.17, 15) is 28.8 Å². The fraction of sp³-hybridized carbons (Fsp3) is 0.415. The minimum absolute atomic E-state index is 0.000455. The van der Waals surface area contributed by atoms with Crippen LogP contribution in [0.15, 0.2) is 54.6 Å².